The molecule has 0 saturated carbocycles. The van der Waals surface area contributed by atoms with Crippen molar-refractivity contribution in [1.82, 2.24) is 9.13 Å². The van der Waals surface area contributed by atoms with E-state index in [0.717, 1.165) is 50.6 Å². The Morgan fingerprint density at radius 1 is 0.397 bits per heavy atom. The molecule has 2 aromatic heterocycles. The molecular weight excluding hydrogens is 765 g/mol. The van der Waals surface area contributed by atoms with E-state index in [0.29, 0.717) is 6.54 Å². The largest absolute Gasteiger partial charge is 0.309 e. The van der Waals surface area contributed by atoms with Crippen molar-refractivity contribution in [2.75, 3.05) is 0 Å². The third-order valence-corrected chi connectivity index (χ3v) is 12.1. The van der Waals surface area contributed by atoms with Crippen molar-refractivity contribution < 1.29 is 0 Å². The molecule has 0 spiro atoms. The van der Waals surface area contributed by atoms with Gasteiger partial charge in [0.05, 0.1) is 40.0 Å². The summed E-state index contributed by atoms with van der Waals surface area (Å²) in [6.45, 7) is 4.53. The van der Waals surface area contributed by atoms with Crippen LogP contribution in [0, 0.1) is 0 Å². The Bertz CT molecular complexity index is 3520. The van der Waals surface area contributed by atoms with Gasteiger partial charge in [-0.05, 0) is 107 Å². The van der Waals surface area contributed by atoms with Gasteiger partial charge in [-0.3, -0.25) is 9.98 Å². The molecule has 11 aromatic rings. The Hall–Kier alpha value is -8.34. The van der Waals surface area contributed by atoms with Crippen LogP contribution < -0.4 is 0 Å². The second-order valence-corrected chi connectivity index (χ2v) is 15.9. The molecule has 0 aliphatic heterocycles. The van der Waals surface area contributed by atoms with Gasteiger partial charge in [0.2, 0.25) is 0 Å². The molecule has 2 heterocycles. The number of hydrogen-bond acceptors (Lipinski definition) is 2. The van der Waals surface area contributed by atoms with E-state index in [1.54, 1.807) is 0 Å². The lowest BCUT2D eigenvalue weighted by Crippen LogP contribution is -1.99. The third kappa shape index (κ3) is 7.04. The second kappa shape index (κ2) is 16.3. The van der Waals surface area contributed by atoms with Gasteiger partial charge < -0.3 is 9.13 Å². The minimum atomic E-state index is 0.577. The fourth-order valence-corrected chi connectivity index (χ4v) is 9.04. The zero-order valence-electron chi connectivity index (χ0n) is 34.6. The van der Waals surface area contributed by atoms with Crippen LogP contribution in [0.15, 0.2) is 241 Å². The molecule has 0 fully saturated rings. The maximum atomic E-state index is 5.02. The van der Waals surface area contributed by atoms with E-state index in [9.17, 15) is 0 Å². The summed E-state index contributed by atoms with van der Waals surface area (Å²) in [5, 5.41) is 4.92. The van der Waals surface area contributed by atoms with Crippen LogP contribution in [0.2, 0.25) is 0 Å². The van der Waals surface area contributed by atoms with Gasteiger partial charge in [-0.1, -0.05) is 164 Å². The highest BCUT2D eigenvalue weighted by Crippen LogP contribution is 2.38. The molecule has 0 N–H and O–H groups in total. The number of hydrogen-bond donors (Lipinski definition) is 0. The molecule has 0 aliphatic rings. The molecule has 4 heteroatoms. The maximum absolute atomic E-state index is 5.02. The van der Waals surface area contributed by atoms with Gasteiger partial charge in [0.1, 0.15) is 0 Å². The van der Waals surface area contributed by atoms with Crippen LogP contribution in [0.5, 0.6) is 0 Å². The lowest BCUT2D eigenvalue weighted by molar-refractivity contribution is 1.07. The molecule has 0 radical (unpaired) electrons. The van der Waals surface area contributed by atoms with Crippen LogP contribution in [0.1, 0.15) is 16.7 Å². The summed E-state index contributed by atoms with van der Waals surface area (Å²) in [7, 11) is 0. The van der Waals surface area contributed by atoms with Crippen LogP contribution in [0.4, 0.5) is 0 Å². The molecule has 0 bridgehead atoms. The van der Waals surface area contributed by atoms with Gasteiger partial charge in [0.25, 0.3) is 0 Å². The van der Waals surface area contributed by atoms with Crippen LogP contribution in [0.3, 0.4) is 0 Å². The molecule has 298 valence electrons. The summed E-state index contributed by atoms with van der Waals surface area (Å²) in [6, 6.07) is 79.9. The monoisotopic (exact) mass is 806 g/mol. The first-order valence-electron chi connectivity index (χ1n) is 21.4. The van der Waals surface area contributed by atoms with Crippen LogP contribution in [0.25, 0.3) is 82.9 Å². The van der Waals surface area contributed by atoms with Crippen molar-refractivity contribution in [2.45, 2.75) is 6.54 Å². The zero-order valence-corrected chi connectivity index (χ0v) is 34.6. The molecule has 0 amide bonds. The van der Waals surface area contributed by atoms with Gasteiger partial charge in [0, 0.05) is 38.5 Å². The van der Waals surface area contributed by atoms with Gasteiger partial charge in [0.15, 0.2) is 0 Å². The van der Waals surface area contributed by atoms with E-state index < -0.39 is 0 Å². The number of allylic oxidation sites excluding steroid dienone is 1. The van der Waals surface area contributed by atoms with Crippen molar-refractivity contribution in [3.63, 3.8) is 0 Å². The molecule has 0 unspecified atom stereocenters. The predicted molar refractivity (Wildman–Crippen MR) is 267 cm³/mol. The normalized spacial score (nSPS) is 12.1. The Labute approximate surface area is 366 Å². The molecule has 11 rings (SSSR count). The molecule has 63 heavy (non-hydrogen) atoms. The number of fused-ring (bicyclic) bond motifs is 6. The number of aliphatic imine (C=N–C) groups is 2. The van der Waals surface area contributed by atoms with Crippen molar-refractivity contribution >= 4 is 61.7 Å². The topological polar surface area (TPSA) is 34.6 Å². The van der Waals surface area contributed by atoms with Crippen molar-refractivity contribution in [3.05, 3.63) is 247 Å². The summed E-state index contributed by atoms with van der Waals surface area (Å²) in [6.07, 6.45) is 2.04. The summed E-state index contributed by atoms with van der Waals surface area (Å²) in [5.41, 5.74) is 16.5. The Morgan fingerprint density at radius 2 is 0.889 bits per heavy atom. The average Bonchev–Trinajstić information content (AvgIpc) is 3.87. The predicted octanol–water partition coefficient (Wildman–Crippen LogP) is 14.9. The fourth-order valence-electron chi connectivity index (χ4n) is 9.04. The lowest BCUT2D eigenvalue weighted by Gasteiger charge is -2.11. The molecule has 4 nitrogen and oxygen atoms in total. The van der Waals surface area contributed by atoms with E-state index in [1.165, 1.54) is 54.7 Å². The van der Waals surface area contributed by atoms with Gasteiger partial charge in [-0.25, -0.2) is 0 Å². The smallest absolute Gasteiger partial charge is 0.0716 e. The molecule has 0 atom stereocenters. The molecule has 0 saturated heterocycles. The van der Waals surface area contributed by atoms with E-state index in [1.807, 2.05) is 42.5 Å². The Morgan fingerprint density at radius 3 is 1.52 bits per heavy atom. The summed E-state index contributed by atoms with van der Waals surface area (Å²) < 4.78 is 4.77. The van der Waals surface area contributed by atoms with Crippen LogP contribution in [-0.4, -0.2) is 21.6 Å². The van der Waals surface area contributed by atoms with Gasteiger partial charge >= 0.3 is 0 Å². The van der Waals surface area contributed by atoms with E-state index in [2.05, 4.69) is 209 Å². The van der Waals surface area contributed by atoms with Crippen molar-refractivity contribution in [1.29, 1.82) is 0 Å². The van der Waals surface area contributed by atoms with Gasteiger partial charge in [-0.15, -0.1) is 0 Å². The average molecular weight is 807 g/mol. The number of rotatable bonds is 10. The third-order valence-electron chi connectivity index (χ3n) is 12.1. The molecule has 9 aromatic carbocycles. The number of aromatic nitrogens is 2. The Kier molecular flexibility index (Phi) is 9.72. The SMILES string of the molecule is C=N/C(=C\C(=NCc1ccccc1)c1ccccc1)c1ccc(-c2ccc3c(c2)c2ccccc2n3-c2cccc(-c3ccc4c(c3)c3ccccc3n4-c3ccccc3)c2)cc1. The summed E-state index contributed by atoms with van der Waals surface area (Å²) >= 11 is 0. The van der Waals surface area contributed by atoms with Crippen LogP contribution in [-0.2, 0) is 6.54 Å². The van der Waals surface area contributed by atoms with E-state index >= 15 is 0 Å². The number of nitrogens with zero attached hydrogens (tertiary/aromatic N) is 4. The number of para-hydroxylation sites is 3. The fraction of sp³-hybridized carbons (Fsp3) is 0.0169. The summed E-state index contributed by atoms with van der Waals surface area (Å²) in [4.78, 5) is 9.50. The first kappa shape index (κ1) is 37.6. The highest BCUT2D eigenvalue weighted by molar-refractivity contribution is 6.13. The van der Waals surface area contributed by atoms with E-state index in [4.69, 9.17) is 4.99 Å². The molecular formula is C59H42N4. The first-order chi connectivity index (χ1) is 31.2. The van der Waals surface area contributed by atoms with Crippen molar-refractivity contribution in [2.24, 2.45) is 9.98 Å². The zero-order chi connectivity index (χ0) is 42.1. The lowest BCUT2D eigenvalue weighted by atomic mass is 10.00. The highest BCUT2D eigenvalue weighted by Gasteiger charge is 2.16. The first-order valence-corrected chi connectivity index (χ1v) is 21.4. The quantitative estimate of drug-likeness (QED) is 0.123. The number of benzene rings is 9. The van der Waals surface area contributed by atoms with Crippen LogP contribution >= 0.6 is 0 Å². The molecule has 0 aliphatic carbocycles. The second-order valence-electron chi connectivity index (χ2n) is 15.9. The highest BCUT2D eigenvalue weighted by atomic mass is 15.0. The minimum absolute atomic E-state index is 0.577. The minimum Gasteiger partial charge on any atom is -0.309 e. The maximum Gasteiger partial charge on any atom is 0.0716 e. The summed E-state index contributed by atoms with van der Waals surface area (Å²) in [5.74, 6) is 0. The van der Waals surface area contributed by atoms with Gasteiger partial charge in [-0.2, -0.15) is 0 Å². The van der Waals surface area contributed by atoms with Crippen molar-refractivity contribution in [3.8, 4) is 33.6 Å². The van der Waals surface area contributed by atoms with E-state index in [-0.39, 0.29) is 0 Å². The standard InChI is InChI=1S/C59H42N4/c1-60-54(39-55(43-18-7-3-8-19-43)61-40-41-16-5-2-6-17-41)44-30-28-42(29-31-44)46-32-34-59-52(37-46)51-25-12-14-27-57(51)63(59)49-23-15-20-45(36-49)47-33-35-58-53(38-47)50-24-11-13-26-56(50)62(58)48-21-9-4-10-22-48/h2-39H,1,40H2/b54-39-,61-55?. The Balaban J connectivity index is 0.938.